The second-order valence-corrected chi connectivity index (χ2v) is 9.28. The number of carbonyl (C=O) groups excluding carboxylic acids is 1. The highest BCUT2D eigenvalue weighted by molar-refractivity contribution is 5.98. The number of fused-ring (bicyclic) bond motifs is 1. The number of ether oxygens (including phenoxy) is 1. The van der Waals surface area contributed by atoms with E-state index in [-0.39, 0.29) is 17.6 Å². The van der Waals surface area contributed by atoms with Gasteiger partial charge in [-0.15, -0.1) is 13.2 Å². The average Bonchev–Trinajstić information content (AvgIpc) is 3.58. The summed E-state index contributed by atoms with van der Waals surface area (Å²) < 4.78 is 44.5. The Kier molecular flexibility index (Phi) is 6.22. The van der Waals surface area contributed by atoms with Crippen LogP contribution in [0.2, 0.25) is 0 Å². The molecule has 1 amide bonds. The monoisotopic (exact) mass is 529 g/mol. The summed E-state index contributed by atoms with van der Waals surface area (Å²) in [5.41, 5.74) is 3.92. The molecule has 1 aliphatic rings. The predicted molar refractivity (Wildman–Crippen MR) is 138 cm³/mol. The lowest BCUT2D eigenvalue weighted by atomic mass is 10.0. The number of halogens is 3. The molecule has 39 heavy (non-hydrogen) atoms. The summed E-state index contributed by atoms with van der Waals surface area (Å²) in [5, 5.41) is 0. The number of hydrogen-bond donors (Lipinski definition) is 0. The quantitative estimate of drug-likeness (QED) is 0.279. The molecule has 5 aromatic rings. The number of rotatable bonds is 5. The SMILES string of the molecule is O=C(c1ccc2c(c1)nc(-c1cccc(OC(F)(F)F)c1)n2-c1cccnc1)N1CCC(c2cccnc2)C1. The van der Waals surface area contributed by atoms with Crippen LogP contribution in [0.25, 0.3) is 28.1 Å². The van der Waals surface area contributed by atoms with E-state index in [1.807, 2.05) is 29.3 Å². The van der Waals surface area contributed by atoms with E-state index >= 15 is 0 Å². The van der Waals surface area contributed by atoms with Crippen molar-refractivity contribution in [2.75, 3.05) is 13.1 Å². The van der Waals surface area contributed by atoms with E-state index in [0.717, 1.165) is 12.0 Å². The molecule has 0 radical (unpaired) electrons. The van der Waals surface area contributed by atoms with E-state index < -0.39 is 6.36 Å². The molecular formula is C29H22F3N5O2. The van der Waals surface area contributed by atoms with Crippen molar-refractivity contribution < 1.29 is 22.7 Å². The van der Waals surface area contributed by atoms with E-state index in [9.17, 15) is 18.0 Å². The molecule has 3 aromatic heterocycles. The van der Waals surface area contributed by atoms with Gasteiger partial charge in [-0.1, -0.05) is 18.2 Å². The Morgan fingerprint density at radius 3 is 2.51 bits per heavy atom. The highest BCUT2D eigenvalue weighted by atomic mass is 19.4. The molecule has 1 saturated heterocycles. The first kappa shape index (κ1) is 24.6. The van der Waals surface area contributed by atoms with Gasteiger partial charge < -0.3 is 9.64 Å². The van der Waals surface area contributed by atoms with Crippen molar-refractivity contribution >= 4 is 16.9 Å². The van der Waals surface area contributed by atoms with E-state index in [2.05, 4.69) is 14.7 Å². The second kappa shape index (κ2) is 9.86. The maximum Gasteiger partial charge on any atom is 0.573 e. The van der Waals surface area contributed by atoms with E-state index in [4.69, 9.17) is 4.98 Å². The van der Waals surface area contributed by atoms with Gasteiger partial charge in [0.25, 0.3) is 5.91 Å². The van der Waals surface area contributed by atoms with Crippen molar-refractivity contribution in [3.8, 4) is 22.8 Å². The summed E-state index contributed by atoms with van der Waals surface area (Å²) in [4.78, 5) is 28.4. The van der Waals surface area contributed by atoms with Crippen molar-refractivity contribution in [1.29, 1.82) is 0 Å². The number of carbonyl (C=O) groups is 1. The van der Waals surface area contributed by atoms with Crippen LogP contribution in [-0.2, 0) is 0 Å². The Labute approximate surface area is 221 Å². The van der Waals surface area contributed by atoms with Gasteiger partial charge in [0, 0.05) is 48.7 Å². The van der Waals surface area contributed by atoms with Gasteiger partial charge in [0.05, 0.1) is 22.9 Å². The fourth-order valence-electron chi connectivity index (χ4n) is 5.00. The normalized spacial score (nSPS) is 15.6. The van der Waals surface area contributed by atoms with E-state index in [0.29, 0.717) is 46.8 Å². The van der Waals surface area contributed by atoms with Crippen LogP contribution in [0.4, 0.5) is 13.2 Å². The number of likely N-dealkylation sites (tertiary alicyclic amines) is 1. The lowest BCUT2D eigenvalue weighted by Crippen LogP contribution is -2.28. The maximum absolute atomic E-state index is 13.4. The number of hydrogen-bond acceptors (Lipinski definition) is 5. The fraction of sp³-hybridized carbons (Fsp3) is 0.172. The van der Waals surface area contributed by atoms with Crippen molar-refractivity contribution in [3.05, 3.63) is 103 Å². The summed E-state index contributed by atoms with van der Waals surface area (Å²) >= 11 is 0. The van der Waals surface area contributed by atoms with Gasteiger partial charge in [-0.2, -0.15) is 0 Å². The third-order valence-corrected chi connectivity index (χ3v) is 6.76. The lowest BCUT2D eigenvalue weighted by molar-refractivity contribution is -0.274. The first-order valence-electron chi connectivity index (χ1n) is 12.3. The van der Waals surface area contributed by atoms with Crippen molar-refractivity contribution in [3.63, 3.8) is 0 Å². The molecule has 0 aliphatic carbocycles. The van der Waals surface area contributed by atoms with Gasteiger partial charge >= 0.3 is 6.36 Å². The zero-order valence-electron chi connectivity index (χ0n) is 20.5. The van der Waals surface area contributed by atoms with Crippen molar-refractivity contribution in [2.45, 2.75) is 18.7 Å². The van der Waals surface area contributed by atoms with Crippen LogP contribution in [0.1, 0.15) is 28.3 Å². The molecule has 196 valence electrons. The molecule has 0 bridgehead atoms. The van der Waals surface area contributed by atoms with Crippen LogP contribution in [0, 0.1) is 0 Å². The Morgan fingerprint density at radius 2 is 1.77 bits per heavy atom. The number of aromatic nitrogens is 4. The largest absolute Gasteiger partial charge is 0.573 e. The third kappa shape index (κ3) is 5.05. The molecular weight excluding hydrogens is 507 g/mol. The molecule has 0 saturated carbocycles. The smallest absolute Gasteiger partial charge is 0.406 e. The van der Waals surface area contributed by atoms with Crippen LogP contribution in [0.5, 0.6) is 5.75 Å². The molecule has 7 nitrogen and oxygen atoms in total. The number of alkyl halides is 3. The maximum atomic E-state index is 13.4. The van der Waals surface area contributed by atoms with Gasteiger partial charge in [-0.25, -0.2) is 4.98 Å². The van der Waals surface area contributed by atoms with Crippen LogP contribution in [-0.4, -0.2) is 49.8 Å². The molecule has 0 spiro atoms. The summed E-state index contributed by atoms with van der Waals surface area (Å²) in [6.07, 6.45) is 2.88. The average molecular weight is 530 g/mol. The molecule has 1 unspecified atom stereocenters. The number of nitrogens with zero attached hydrogens (tertiary/aromatic N) is 5. The van der Waals surface area contributed by atoms with Crippen LogP contribution >= 0.6 is 0 Å². The van der Waals surface area contributed by atoms with Gasteiger partial charge in [-0.05, 0) is 60.5 Å². The zero-order chi connectivity index (χ0) is 27.0. The minimum absolute atomic E-state index is 0.0960. The summed E-state index contributed by atoms with van der Waals surface area (Å²) in [6, 6.07) is 18.5. The van der Waals surface area contributed by atoms with Gasteiger partial charge in [0.15, 0.2) is 0 Å². The lowest BCUT2D eigenvalue weighted by Gasteiger charge is -2.17. The topological polar surface area (TPSA) is 73.1 Å². The molecule has 2 aromatic carbocycles. The van der Waals surface area contributed by atoms with Crippen LogP contribution in [0.15, 0.2) is 91.5 Å². The fourth-order valence-corrected chi connectivity index (χ4v) is 5.00. The number of benzene rings is 2. The van der Waals surface area contributed by atoms with Gasteiger partial charge in [0.1, 0.15) is 11.6 Å². The Morgan fingerprint density at radius 1 is 0.949 bits per heavy atom. The Hall–Kier alpha value is -4.73. The Balaban J connectivity index is 1.37. The zero-order valence-corrected chi connectivity index (χ0v) is 20.5. The molecule has 6 rings (SSSR count). The second-order valence-electron chi connectivity index (χ2n) is 9.28. The third-order valence-electron chi connectivity index (χ3n) is 6.76. The van der Waals surface area contributed by atoms with Crippen molar-refractivity contribution in [1.82, 2.24) is 24.4 Å². The first-order chi connectivity index (χ1) is 18.9. The number of amides is 1. The molecule has 10 heteroatoms. The Bertz CT molecular complexity index is 1640. The standard InChI is InChI=1S/C29H22F3N5O2/c30-29(31,32)39-24-7-1-4-19(14-24)27-35-25-15-20(8-9-26(25)37(27)23-6-3-12-34-17-23)28(38)36-13-10-22(18-36)21-5-2-11-33-16-21/h1-9,11-12,14-17,22H,10,13,18H2. The van der Waals surface area contributed by atoms with Gasteiger partial charge in [0.2, 0.25) is 0 Å². The summed E-state index contributed by atoms with van der Waals surface area (Å²) in [6.45, 7) is 1.24. The molecule has 1 atom stereocenters. The molecule has 1 fully saturated rings. The predicted octanol–water partition coefficient (Wildman–Crippen LogP) is 6.01. The minimum atomic E-state index is -4.82. The molecule has 4 heterocycles. The van der Waals surface area contributed by atoms with E-state index in [1.54, 1.807) is 53.5 Å². The van der Waals surface area contributed by atoms with E-state index in [1.165, 1.54) is 18.2 Å². The molecule has 0 N–H and O–H groups in total. The number of pyridine rings is 2. The minimum Gasteiger partial charge on any atom is -0.406 e. The van der Waals surface area contributed by atoms with Gasteiger partial charge in [-0.3, -0.25) is 19.3 Å². The van der Waals surface area contributed by atoms with Crippen molar-refractivity contribution in [2.24, 2.45) is 0 Å². The molecule has 1 aliphatic heterocycles. The summed E-state index contributed by atoms with van der Waals surface area (Å²) in [7, 11) is 0. The highest BCUT2D eigenvalue weighted by Gasteiger charge is 2.31. The number of imidazole rings is 1. The summed E-state index contributed by atoms with van der Waals surface area (Å²) in [5.74, 6) is 0.182. The first-order valence-corrected chi connectivity index (χ1v) is 12.3. The highest BCUT2D eigenvalue weighted by Crippen LogP contribution is 2.33. The van der Waals surface area contributed by atoms with Crippen LogP contribution < -0.4 is 4.74 Å². The van der Waals surface area contributed by atoms with Crippen LogP contribution in [0.3, 0.4) is 0 Å².